The number of hydrogen-bond donors (Lipinski definition) is 4. The molecule has 2 aromatic rings. The Hall–Kier alpha value is -2.38. The van der Waals surface area contributed by atoms with Crippen LogP contribution in [0.25, 0.3) is 10.9 Å². The quantitative estimate of drug-likeness (QED) is 0.584. The molecule has 1 aliphatic heterocycles. The van der Waals surface area contributed by atoms with Gasteiger partial charge in [-0.1, -0.05) is 45.9 Å². The fraction of sp³-hybridized carbons (Fsp3) is 0.545. The van der Waals surface area contributed by atoms with Crippen molar-refractivity contribution < 1.29 is 24.5 Å². The molecule has 2 heterocycles. The number of carboxylic acids is 2. The molecule has 29 heavy (non-hydrogen) atoms. The Morgan fingerprint density at radius 1 is 1.28 bits per heavy atom. The number of benzene rings is 1. The number of aliphatic carboxylic acids is 2. The van der Waals surface area contributed by atoms with E-state index in [9.17, 15) is 14.7 Å². The standard InChI is InChI=1S/C17H21NO3.C5H11NO2/c1-3-11-6-5-7-12-13-8-9-21-17(4-2,10-14(19)20)16(13)18-15(11)12;1-3(2)4(6)5(7)8/h5-7,18H,3-4,8-10H2,1-2H3,(H,19,20);3-4H,6H2,1-2H3,(H,7,8)/t;4-/m.0/s1. The highest BCUT2D eigenvalue weighted by Gasteiger charge is 2.40. The summed E-state index contributed by atoms with van der Waals surface area (Å²) in [5, 5.41) is 18.7. The molecule has 0 fully saturated rings. The largest absolute Gasteiger partial charge is 0.481 e. The van der Waals surface area contributed by atoms with Crippen molar-refractivity contribution in [3.63, 3.8) is 0 Å². The van der Waals surface area contributed by atoms with Gasteiger partial charge in [0.15, 0.2) is 0 Å². The monoisotopic (exact) mass is 404 g/mol. The maximum Gasteiger partial charge on any atom is 0.320 e. The van der Waals surface area contributed by atoms with Gasteiger partial charge in [0, 0.05) is 10.9 Å². The van der Waals surface area contributed by atoms with Gasteiger partial charge in [0.25, 0.3) is 0 Å². The van der Waals surface area contributed by atoms with Crippen molar-refractivity contribution in [2.45, 2.75) is 65.0 Å². The van der Waals surface area contributed by atoms with Crippen molar-refractivity contribution in [3.05, 3.63) is 35.0 Å². The molecule has 1 unspecified atom stereocenters. The maximum absolute atomic E-state index is 11.3. The first-order chi connectivity index (χ1) is 13.7. The van der Waals surface area contributed by atoms with E-state index in [0.29, 0.717) is 13.0 Å². The Labute approximate surface area is 171 Å². The number of carboxylic acid groups (broad SMARTS) is 2. The summed E-state index contributed by atoms with van der Waals surface area (Å²) in [5.41, 5.74) is 9.04. The molecular formula is C22H32N2O5. The molecule has 1 aliphatic rings. The van der Waals surface area contributed by atoms with Crippen LogP contribution in [0.3, 0.4) is 0 Å². The van der Waals surface area contributed by atoms with Gasteiger partial charge in [-0.05, 0) is 36.3 Å². The highest BCUT2D eigenvalue weighted by Crippen LogP contribution is 2.42. The number of rotatable bonds is 6. The summed E-state index contributed by atoms with van der Waals surface area (Å²) in [6.07, 6.45) is 2.45. The average molecular weight is 405 g/mol. The molecule has 0 aliphatic carbocycles. The van der Waals surface area contributed by atoms with Crippen LogP contribution < -0.4 is 5.73 Å². The SMILES string of the molecule is CC(C)[C@H](N)C(=O)O.CCc1cccc2c3c([nH]c12)C(CC)(CC(=O)O)OCC3. The van der Waals surface area contributed by atoms with Gasteiger partial charge in [0.1, 0.15) is 11.6 Å². The summed E-state index contributed by atoms with van der Waals surface area (Å²) >= 11 is 0. The second kappa shape index (κ2) is 9.41. The molecule has 1 aromatic heterocycles. The minimum absolute atomic E-state index is 0.00474. The molecule has 0 amide bonds. The van der Waals surface area contributed by atoms with E-state index in [0.717, 1.165) is 24.1 Å². The van der Waals surface area contributed by atoms with Crippen molar-refractivity contribution in [2.24, 2.45) is 11.7 Å². The molecule has 2 atom stereocenters. The van der Waals surface area contributed by atoms with E-state index in [1.54, 1.807) is 13.8 Å². The number of H-pyrrole nitrogens is 1. The first-order valence-corrected chi connectivity index (χ1v) is 10.1. The highest BCUT2D eigenvalue weighted by molar-refractivity contribution is 5.88. The molecule has 3 rings (SSSR count). The summed E-state index contributed by atoms with van der Waals surface area (Å²) in [5.74, 6) is -1.73. The third-order valence-electron chi connectivity index (χ3n) is 5.61. The van der Waals surface area contributed by atoms with Crippen LogP contribution in [-0.4, -0.2) is 39.8 Å². The maximum atomic E-state index is 11.3. The van der Waals surface area contributed by atoms with Crippen LogP contribution in [0.15, 0.2) is 18.2 Å². The number of hydrogen-bond acceptors (Lipinski definition) is 4. The van der Waals surface area contributed by atoms with E-state index in [2.05, 4.69) is 30.1 Å². The van der Waals surface area contributed by atoms with Gasteiger partial charge in [-0.2, -0.15) is 0 Å². The van der Waals surface area contributed by atoms with Crippen molar-refractivity contribution in [1.82, 2.24) is 4.98 Å². The summed E-state index contributed by atoms with van der Waals surface area (Å²) in [7, 11) is 0. The zero-order valence-corrected chi connectivity index (χ0v) is 17.6. The van der Waals surface area contributed by atoms with Gasteiger partial charge in [-0.15, -0.1) is 0 Å². The first-order valence-electron chi connectivity index (χ1n) is 10.1. The molecule has 160 valence electrons. The Kier molecular flexibility index (Phi) is 7.43. The van der Waals surface area contributed by atoms with E-state index in [-0.39, 0.29) is 12.3 Å². The molecule has 7 nitrogen and oxygen atoms in total. The highest BCUT2D eigenvalue weighted by atomic mass is 16.5. The van der Waals surface area contributed by atoms with Gasteiger partial charge in [0.05, 0.1) is 18.7 Å². The van der Waals surface area contributed by atoms with Crippen LogP contribution in [-0.2, 0) is 32.8 Å². The van der Waals surface area contributed by atoms with Crippen LogP contribution in [0.2, 0.25) is 0 Å². The fourth-order valence-electron chi connectivity index (χ4n) is 3.77. The van der Waals surface area contributed by atoms with E-state index >= 15 is 0 Å². The van der Waals surface area contributed by atoms with E-state index in [1.165, 1.54) is 16.5 Å². The van der Waals surface area contributed by atoms with Gasteiger partial charge < -0.3 is 25.7 Å². The molecule has 0 bridgehead atoms. The number of ether oxygens (including phenoxy) is 1. The number of carbonyl (C=O) groups is 2. The molecule has 0 spiro atoms. The van der Waals surface area contributed by atoms with E-state index in [1.807, 2.05) is 6.92 Å². The second-order valence-electron chi connectivity index (χ2n) is 7.80. The molecule has 0 saturated heterocycles. The number of aromatic nitrogens is 1. The van der Waals surface area contributed by atoms with Gasteiger partial charge in [-0.25, -0.2) is 0 Å². The predicted octanol–water partition coefficient (Wildman–Crippen LogP) is 3.44. The Morgan fingerprint density at radius 3 is 2.45 bits per heavy atom. The number of aryl methyl sites for hydroxylation is 1. The lowest BCUT2D eigenvalue weighted by molar-refractivity contribution is -0.148. The lowest BCUT2D eigenvalue weighted by atomic mass is 9.86. The normalized spacial score (nSPS) is 19.4. The Bertz CT molecular complexity index is 873. The van der Waals surface area contributed by atoms with E-state index < -0.39 is 23.6 Å². The Balaban J connectivity index is 0.000000321. The fourth-order valence-corrected chi connectivity index (χ4v) is 3.77. The van der Waals surface area contributed by atoms with Crippen molar-refractivity contribution in [1.29, 1.82) is 0 Å². The third-order valence-corrected chi connectivity index (χ3v) is 5.61. The van der Waals surface area contributed by atoms with Crippen LogP contribution in [0.4, 0.5) is 0 Å². The molecule has 5 N–H and O–H groups in total. The smallest absolute Gasteiger partial charge is 0.320 e. The molecule has 7 heteroatoms. The molecule has 0 saturated carbocycles. The van der Waals surface area contributed by atoms with E-state index in [4.69, 9.17) is 15.6 Å². The Morgan fingerprint density at radius 2 is 1.97 bits per heavy atom. The van der Waals surface area contributed by atoms with Gasteiger partial charge in [-0.3, -0.25) is 9.59 Å². The molecule has 1 aromatic carbocycles. The van der Waals surface area contributed by atoms with Gasteiger partial charge in [0.2, 0.25) is 0 Å². The first kappa shape index (κ1) is 22.9. The molecule has 0 radical (unpaired) electrons. The predicted molar refractivity (Wildman–Crippen MR) is 112 cm³/mol. The second-order valence-corrected chi connectivity index (χ2v) is 7.80. The summed E-state index contributed by atoms with van der Waals surface area (Å²) in [6, 6.07) is 5.61. The van der Waals surface area contributed by atoms with Crippen molar-refractivity contribution in [3.8, 4) is 0 Å². The summed E-state index contributed by atoms with van der Waals surface area (Å²) < 4.78 is 5.94. The number of para-hydroxylation sites is 1. The zero-order chi connectivity index (χ0) is 21.8. The lowest BCUT2D eigenvalue weighted by Gasteiger charge is -2.35. The van der Waals surface area contributed by atoms with Gasteiger partial charge >= 0.3 is 11.9 Å². The van der Waals surface area contributed by atoms with Crippen molar-refractivity contribution in [2.75, 3.05) is 6.61 Å². The third kappa shape index (κ3) is 4.79. The average Bonchev–Trinajstić information content (AvgIpc) is 3.07. The van der Waals surface area contributed by atoms with Crippen LogP contribution >= 0.6 is 0 Å². The number of nitrogens with two attached hydrogens (primary N) is 1. The summed E-state index contributed by atoms with van der Waals surface area (Å²) in [4.78, 5) is 24.8. The summed E-state index contributed by atoms with van der Waals surface area (Å²) in [6.45, 7) is 8.26. The van der Waals surface area contributed by atoms with Crippen LogP contribution in [0.5, 0.6) is 0 Å². The topological polar surface area (TPSA) is 126 Å². The molecular weight excluding hydrogens is 372 g/mol. The number of aromatic amines is 1. The zero-order valence-electron chi connectivity index (χ0n) is 17.6. The number of fused-ring (bicyclic) bond motifs is 3. The van der Waals surface area contributed by atoms with Crippen LogP contribution in [0.1, 0.15) is 57.4 Å². The number of nitrogens with one attached hydrogen (secondary N) is 1. The minimum Gasteiger partial charge on any atom is -0.481 e. The van der Waals surface area contributed by atoms with Crippen molar-refractivity contribution >= 4 is 22.8 Å². The lowest BCUT2D eigenvalue weighted by Crippen LogP contribution is -2.37. The minimum atomic E-state index is -0.931. The van der Waals surface area contributed by atoms with Crippen LogP contribution in [0, 0.1) is 5.92 Å².